The molecule has 0 aromatic heterocycles. The van der Waals surface area contributed by atoms with Gasteiger partial charge in [0.25, 0.3) is 0 Å². The molecule has 0 saturated heterocycles. The van der Waals surface area contributed by atoms with E-state index in [0.717, 1.165) is 5.57 Å². The molecule has 0 amide bonds. The minimum absolute atomic E-state index is 0.0465. The first-order valence-corrected chi connectivity index (χ1v) is 3.41. The zero-order valence-electron chi connectivity index (χ0n) is 7.43. The molecule has 3 nitrogen and oxygen atoms in total. The number of carbonyl (C=O) groups excluding carboxylic acids is 1. The zero-order valence-corrected chi connectivity index (χ0v) is 7.43. The van der Waals surface area contributed by atoms with Crippen LogP contribution in [0.4, 0.5) is 0 Å². The summed E-state index contributed by atoms with van der Waals surface area (Å²) in [7, 11) is 1.59. The van der Waals surface area contributed by atoms with E-state index in [-0.39, 0.29) is 5.78 Å². The molecule has 0 aromatic carbocycles. The molecule has 0 aliphatic rings. The van der Waals surface area contributed by atoms with E-state index in [1.807, 2.05) is 0 Å². The van der Waals surface area contributed by atoms with Crippen LogP contribution in [0.2, 0.25) is 0 Å². The van der Waals surface area contributed by atoms with Crippen molar-refractivity contribution in [3.05, 3.63) is 11.3 Å². The summed E-state index contributed by atoms with van der Waals surface area (Å²) in [4.78, 5) is 14.7. The van der Waals surface area contributed by atoms with E-state index < -0.39 is 0 Å². The number of nitrogens with two attached hydrogens (primary N) is 1. The summed E-state index contributed by atoms with van der Waals surface area (Å²) in [6.45, 7) is 5.03. The Morgan fingerprint density at radius 1 is 1.27 bits per heavy atom. The SMILES string of the molecule is CN=C(C(C)=O)C(C)=C(C)N. The van der Waals surface area contributed by atoms with E-state index in [2.05, 4.69) is 4.99 Å². The molecule has 0 spiro atoms. The van der Waals surface area contributed by atoms with Gasteiger partial charge in [0.2, 0.25) is 0 Å². The highest BCUT2D eigenvalue weighted by molar-refractivity contribution is 6.45. The smallest absolute Gasteiger partial charge is 0.177 e. The Hall–Kier alpha value is -1.12. The van der Waals surface area contributed by atoms with E-state index >= 15 is 0 Å². The lowest BCUT2D eigenvalue weighted by Crippen LogP contribution is -2.14. The van der Waals surface area contributed by atoms with Crippen molar-refractivity contribution in [2.75, 3.05) is 7.05 Å². The number of ketones is 1. The summed E-state index contributed by atoms with van der Waals surface area (Å²) >= 11 is 0. The highest BCUT2D eigenvalue weighted by atomic mass is 16.1. The van der Waals surface area contributed by atoms with Crippen LogP contribution in [0.3, 0.4) is 0 Å². The number of hydrogen-bond acceptors (Lipinski definition) is 3. The fraction of sp³-hybridized carbons (Fsp3) is 0.500. The van der Waals surface area contributed by atoms with Gasteiger partial charge in [-0.2, -0.15) is 0 Å². The molecular formula is C8H14N2O. The Balaban J connectivity index is 4.85. The molecule has 0 aliphatic carbocycles. The number of hydrogen-bond donors (Lipinski definition) is 1. The van der Waals surface area contributed by atoms with Crippen molar-refractivity contribution >= 4 is 11.5 Å². The van der Waals surface area contributed by atoms with Crippen molar-refractivity contribution in [2.24, 2.45) is 10.7 Å². The van der Waals surface area contributed by atoms with Crippen molar-refractivity contribution in [3.8, 4) is 0 Å². The molecule has 11 heavy (non-hydrogen) atoms. The van der Waals surface area contributed by atoms with E-state index in [4.69, 9.17) is 5.73 Å². The molecular weight excluding hydrogens is 140 g/mol. The van der Waals surface area contributed by atoms with Crippen molar-refractivity contribution in [1.29, 1.82) is 0 Å². The van der Waals surface area contributed by atoms with Crippen molar-refractivity contribution in [3.63, 3.8) is 0 Å². The van der Waals surface area contributed by atoms with Crippen LogP contribution >= 0.6 is 0 Å². The van der Waals surface area contributed by atoms with Crippen LogP contribution in [0.25, 0.3) is 0 Å². The van der Waals surface area contributed by atoms with Gasteiger partial charge in [0.05, 0.1) is 0 Å². The largest absolute Gasteiger partial charge is 0.402 e. The second-order valence-corrected chi connectivity index (χ2v) is 2.44. The first kappa shape index (κ1) is 9.88. The molecule has 0 radical (unpaired) electrons. The van der Waals surface area contributed by atoms with Crippen LogP contribution in [0.5, 0.6) is 0 Å². The number of nitrogens with zero attached hydrogens (tertiary/aromatic N) is 1. The molecule has 0 aliphatic heterocycles. The number of carbonyl (C=O) groups is 1. The lowest BCUT2D eigenvalue weighted by molar-refractivity contribution is -0.111. The van der Waals surface area contributed by atoms with Gasteiger partial charge in [-0.3, -0.25) is 9.79 Å². The summed E-state index contributed by atoms with van der Waals surface area (Å²) in [6.07, 6.45) is 0. The second kappa shape index (κ2) is 3.91. The average Bonchev–Trinajstić information content (AvgIpc) is 1.88. The monoisotopic (exact) mass is 154 g/mol. The first-order valence-electron chi connectivity index (χ1n) is 3.41. The van der Waals surface area contributed by atoms with Crippen molar-refractivity contribution in [1.82, 2.24) is 0 Å². The summed E-state index contributed by atoms with van der Waals surface area (Å²) in [5.74, 6) is -0.0465. The molecule has 62 valence electrons. The minimum Gasteiger partial charge on any atom is -0.402 e. The second-order valence-electron chi connectivity index (χ2n) is 2.44. The Bertz CT molecular complexity index is 222. The Labute approximate surface area is 67.0 Å². The Morgan fingerprint density at radius 2 is 1.73 bits per heavy atom. The first-order chi connectivity index (χ1) is 5.00. The highest BCUT2D eigenvalue weighted by Crippen LogP contribution is 2.01. The molecule has 0 atom stereocenters. The summed E-state index contributed by atoms with van der Waals surface area (Å²) in [5, 5.41) is 0. The van der Waals surface area contributed by atoms with Gasteiger partial charge >= 0.3 is 0 Å². The maximum atomic E-state index is 10.9. The van der Waals surface area contributed by atoms with E-state index in [1.54, 1.807) is 20.9 Å². The Kier molecular flexibility index (Phi) is 3.51. The third kappa shape index (κ3) is 2.53. The molecule has 0 fully saturated rings. The number of allylic oxidation sites excluding steroid dienone is 2. The highest BCUT2D eigenvalue weighted by Gasteiger charge is 2.07. The lowest BCUT2D eigenvalue weighted by Gasteiger charge is -2.02. The van der Waals surface area contributed by atoms with E-state index in [0.29, 0.717) is 11.4 Å². The van der Waals surface area contributed by atoms with E-state index in [1.165, 1.54) is 6.92 Å². The Morgan fingerprint density at radius 3 is 1.82 bits per heavy atom. The van der Waals surface area contributed by atoms with Crippen LogP contribution in [0.1, 0.15) is 20.8 Å². The summed E-state index contributed by atoms with van der Waals surface area (Å²) < 4.78 is 0. The number of aliphatic imine (C=N–C) groups is 1. The van der Waals surface area contributed by atoms with Gasteiger partial charge in [-0.15, -0.1) is 0 Å². The predicted octanol–water partition coefficient (Wildman–Crippen LogP) is 0.899. The van der Waals surface area contributed by atoms with Crippen LogP contribution in [0.15, 0.2) is 16.3 Å². The van der Waals surface area contributed by atoms with Gasteiger partial charge in [0.1, 0.15) is 5.71 Å². The fourth-order valence-corrected chi connectivity index (χ4v) is 0.776. The van der Waals surface area contributed by atoms with Gasteiger partial charge in [-0.05, 0) is 19.4 Å². The standard InChI is InChI=1S/C8H14N2O/c1-5(6(2)9)8(10-4)7(3)11/h9H2,1-4H3. The van der Waals surface area contributed by atoms with Crippen LogP contribution < -0.4 is 5.73 Å². The number of Topliss-reactive ketones (excluding diaryl/α,β-unsaturated/α-hetero) is 1. The van der Waals surface area contributed by atoms with Gasteiger partial charge in [0, 0.05) is 19.7 Å². The van der Waals surface area contributed by atoms with Gasteiger partial charge in [-0.1, -0.05) is 0 Å². The third-order valence-corrected chi connectivity index (χ3v) is 1.50. The van der Waals surface area contributed by atoms with Crippen LogP contribution in [0, 0.1) is 0 Å². The molecule has 0 rings (SSSR count). The maximum Gasteiger partial charge on any atom is 0.177 e. The normalized spacial score (nSPS) is 14.4. The van der Waals surface area contributed by atoms with E-state index in [9.17, 15) is 4.79 Å². The van der Waals surface area contributed by atoms with Crippen LogP contribution in [-0.2, 0) is 4.79 Å². The quantitative estimate of drug-likeness (QED) is 0.601. The molecule has 2 N–H and O–H groups in total. The third-order valence-electron chi connectivity index (χ3n) is 1.50. The fourth-order valence-electron chi connectivity index (χ4n) is 0.776. The minimum atomic E-state index is -0.0465. The lowest BCUT2D eigenvalue weighted by atomic mass is 10.1. The van der Waals surface area contributed by atoms with Crippen LogP contribution in [-0.4, -0.2) is 18.5 Å². The van der Waals surface area contributed by atoms with Gasteiger partial charge in [0.15, 0.2) is 5.78 Å². The molecule has 3 heteroatoms. The molecule has 0 heterocycles. The predicted molar refractivity (Wildman–Crippen MR) is 46.6 cm³/mol. The molecule has 0 bridgehead atoms. The van der Waals surface area contributed by atoms with Gasteiger partial charge in [-0.25, -0.2) is 0 Å². The maximum absolute atomic E-state index is 10.9. The summed E-state index contributed by atoms with van der Waals surface area (Å²) in [6, 6.07) is 0. The van der Waals surface area contributed by atoms with Crippen molar-refractivity contribution < 1.29 is 4.79 Å². The molecule has 0 unspecified atom stereocenters. The summed E-state index contributed by atoms with van der Waals surface area (Å²) in [5.41, 5.74) is 7.36. The van der Waals surface area contributed by atoms with Gasteiger partial charge < -0.3 is 5.73 Å². The topological polar surface area (TPSA) is 55.5 Å². The number of rotatable bonds is 2. The van der Waals surface area contributed by atoms with Crippen molar-refractivity contribution in [2.45, 2.75) is 20.8 Å². The molecule has 0 saturated carbocycles. The molecule has 0 aromatic rings. The zero-order chi connectivity index (χ0) is 9.02. The average molecular weight is 154 g/mol.